The number of hydrogen-bond donors (Lipinski definition) is 1. The summed E-state index contributed by atoms with van der Waals surface area (Å²) in [6, 6.07) is 11.4. The van der Waals surface area contributed by atoms with Crippen molar-refractivity contribution >= 4 is 32.4 Å². The average molecular weight is 474 g/mol. The first kappa shape index (κ1) is 22.3. The molecule has 1 N–H and O–H groups in total. The first-order valence-corrected chi connectivity index (χ1v) is 12.3. The molecule has 10 heteroatoms. The van der Waals surface area contributed by atoms with E-state index in [1.165, 1.54) is 39.9 Å². The summed E-state index contributed by atoms with van der Waals surface area (Å²) in [7, 11) is -0.350. The number of methoxy groups -OCH3 is 2. The number of anilines is 1. The maximum absolute atomic E-state index is 12.7. The number of thiazole rings is 1. The van der Waals surface area contributed by atoms with Crippen LogP contribution >= 0.6 is 11.3 Å². The standard InChI is InChI=1S/C22H23N3O5S2/c1-29-16-7-10-20(30-2)18(13-16)19-14-31-22(23-19)24-21(26)15-5-8-17(9-6-15)32(27,28)25-11-3-4-12-25/h5-10,13-14H,3-4,11-12H2,1-2H3,(H,23,24,26). The minimum atomic E-state index is -3.51. The number of carbonyl (C=O) groups excluding carboxylic acids is 1. The molecule has 3 aromatic rings. The van der Waals surface area contributed by atoms with E-state index in [1.54, 1.807) is 26.4 Å². The Labute approximate surface area is 190 Å². The molecule has 1 aromatic heterocycles. The lowest BCUT2D eigenvalue weighted by molar-refractivity contribution is 0.102. The molecular formula is C22H23N3O5S2. The molecule has 0 atom stereocenters. The number of hydrogen-bond acceptors (Lipinski definition) is 7. The van der Waals surface area contributed by atoms with Gasteiger partial charge in [0.15, 0.2) is 5.13 Å². The van der Waals surface area contributed by atoms with Gasteiger partial charge in [-0.05, 0) is 55.3 Å². The van der Waals surface area contributed by atoms with Gasteiger partial charge in [0.05, 0.1) is 24.8 Å². The number of rotatable bonds is 7. The number of sulfonamides is 1. The number of benzene rings is 2. The molecule has 1 aliphatic heterocycles. The fourth-order valence-electron chi connectivity index (χ4n) is 3.49. The van der Waals surface area contributed by atoms with Crippen molar-refractivity contribution < 1.29 is 22.7 Å². The van der Waals surface area contributed by atoms with E-state index < -0.39 is 10.0 Å². The van der Waals surface area contributed by atoms with Crippen LogP contribution in [0.1, 0.15) is 23.2 Å². The molecule has 1 fully saturated rings. The third kappa shape index (κ3) is 4.47. The Morgan fingerprint density at radius 2 is 1.78 bits per heavy atom. The van der Waals surface area contributed by atoms with Crippen LogP contribution in [0.5, 0.6) is 11.5 Å². The molecule has 8 nitrogen and oxygen atoms in total. The summed E-state index contributed by atoms with van der Waals surface area (Å²) < 4.78 is 37.4. The van der Waals surface area contributed by atoms with Crippen molar-refractivity contribution in [1.29, 1.82) is 0 Å². The van der Waals surface area contributed by atoms with Crippen molar-refractivity contribution in [3.05, 3.63) is 53.4 Å². The van der Waals surface area contributed by atoms with Gasteiger partial charge in [0.2, 0.25) is 10.0 Å². The van der Waals surface area contributed by atoms with Crippen LogP contribution in [-0.4, -0.2) is 50.9 Å². The molecule has 1 amide bonds. The molecule has 2 heterocycles. The Balaban J connectivity index is 1.49. The van der Waals surface area contributed by atoms with E-state index in [0.717, 1.165) is 18.4 Å². The number of nitrogens with one attached hydrogen (secondary N) is 1. The van der Waals surface area contributed by atoms with Gasteiger partial charge in [0.25, 0.3) is 5.91 Å². The molecule has 0 saturated carbocycles. The Morgan fingerprint density at radius 1 is 1.06 bits per heavy atom. The summed E-state index contributed by atoms with van der Waals surface area (Å²) in [5, 5.41) is 5.00. The molecule has 1 aliphatic rings. The van der Waals surface area contributed by atoms with E-state index in [9.17, 15) is 13.2 Å². The van der Waals surface area contributed by atoms with Crippen LogP contribution in [0, 0.1) is 0 Å². The van der Waals surface area contributed by atoms with Crippen LogP contribution in [0.3, 0.4) is 0 Å². The summed E-state index contributed by atoms with van der Waals surface area (Å²) in [6.45, 7) is 1.07. The number of aromatic nitrogens is 1. The zero-order valence-electron chi connectivity index (χ0n) is 17.7. The molecule has 2 aromatic carbocycles. The topological polar surface area (TPSA) is 97.8 Å². The Kier molecular flexibility index (Phi) is 6.45. The minimum Gasteiger partial charge on any atom is -0.497 e. The second-order valence-electron chi connectivity index (χ2n) is 7.19. The molecule has 0 aliphatic carbocycles. The summed E-state index contributed by atoms with van der Waals surface area (Å²) in [5.74, 6) is 0.945. The van der Waals surface area contributed by atoms with Gasteiger partial charge in [-0.3, -0.25) is 10.1 Å². The lowest BCUT2D eigenvalue weighted by Gasteiger charge is -2.15. The number of ether oxygens (including phenoxy) is 2. The lowest BCUT2D eigenvalue weighted by Crippen LogP contribution is -2.27. The fraction of sp³-hybridized carbons (Fsp3) is 0.273. The number of nitrogens with zero attached hydrogens (tertiary/aromatic N) is 2. The zero-order valence-corrected chi connectivity index (χ0v) is 19.3. The monoisotopic (exact) mass is 473 g/mol. The fourth-order valence-corrected chi connectivity index (χ4v) is 5.72. The van der Waals surface area contributed by atoms with Crippen LogP contribution in [0.15, 0.2) is 52.7 Å². The van der Waals surface area contributed by atoms with Crippen molar-refractivity contribution in [2.75, 3.05) is 32.6 Å². The third-order valence-corrected chi connectivity index (χ3v) is 7.90. The van der Waals surface area contributed by atoms with Crippen LogP contribution in [0.25, 0.3) is 11.3 Å². The number of amides is 1. The largest absolute Gasteiger partial charge is 0.497 e. The van der Waals surface area contributed by atoms with E-state index in [4.69, 9.17) is 9.47 Å². The van der Waals surface area contributed by atoms with Crippen molar-refractivity contribution in [2.45, 2.75) is 17.7 Å². The van der Waals surface area contributed by atoms with Gasteiger partial charge in [-0.1, -0.05) is 0 Å². The molecular weight excluding hydrogens is 450 g/mol. The smallest absolute Gasteiger partial charge is 0.257 e. The van der Waals surface area contributed by atoms with Gasteiger partial charge in [0.1, 0.15) is 11.5 Å². The van der Waals surface area contributed by atoms with Crippen molar-refractivity contribution in [3.8, 4) is 22.8 Å². The second kappa shape index (κ2) is 9.27. The Hall–Kier alpha value is -2.95. The Morgan fingerprint density at radius 3 is 2.44 bits per heavy atom. The molecule has 0 bridgehead atoms. The summed E-state index contributed by atoms with van der Waals surface area (Å²) >= 11 is 1.28. The van der Waals surface area contributed by atoms with Crippen LogP contribution in [-0.2, 0) is 10.0 Å². The average Bonchev–Trinajstić information content (AvgIpc) is 3.51. The Bertz CT molecular complexity index is 1220. The minimum absolute atomic E-state index is 0.192. The van der Waals surface area contributed by atoms with Crippen LogP contribution < -0.4 is 14.8 Å². The first-order valence-electron chi connectivity index (χ1n) is 10.0. The predicted molar refractivity (Wildman–Crippen MR) is 123 cm³/mol. The lowest BCUT2D eigenvalue weighted by atomic mass is 10.1. The molecule has 32 heavy (non-hydrogen) atoms. The number of carbonyl (C=O) groups is 1. The maximum Gasteiger partial charge on any atom is 0.257 e. The van der Waals surface area contributed by atoms with E-state index in [2.05, 4.69) is 10.3 Å². The van der Waals surface area contributed by atoms with Gasteiger partial charge in [-0.2, -0.15) is 4.31 Å². The highest BCUT2D eigenvalue weighted by Gasteiger charge is 2.27. The molecule has 0 spiro atoms. The highest BCUT2D eigenvalue weighted by atomic mass is 32.2. The second-order valence-corrected chi connectivity index (χ2v) is 9.99. The maximum atomic E-state index is 12.7. The normalized spacial score (nSPS) is 14.3. The van der Waals surface area contributed by atoms with Crippen LogP contribution in [0.2, 0.25) is 0 Å². The summed E-state index contributed by atoms with van der Waals surface area (Å²) in [4.78, 5) is 17.3. The summed E-state index contributed by atoms with van der Waals surface area (Å²) in [5.41, 5.74) is 1.74. The van der Waals surface area contributed by atoms with Gasteiger partial charge in [-0.25, -0.2) is 13.4 Å². The quantitative estimate of drug-likeness (QED) is 0.560. The van der Waals surface area contributed by atoms with Gasteiger partial charge in [0, 0.05) is 29.6 Å². The third-order valence-electron chi connectivity index (χ3n) is 5.23. The van der Waals surface area contributed by atoms with E-state index in [1.807, 2.05) is 11.4 Å². The van der Waals surface area contributed by atoms with Gasteiger partial charge < -0.3 is 9.47 Å². The molecule has 168 valence electrons. The zero-order chi connectivity index (χ0) is 22.7. The SMILES string of the molecule is COc1ccc(OC)c(-c2csc(NC(=O)c3ccc(S(=O)(=O)N4CCCC4)cc3)n2)c1. The van der Waals surface area contributed by atoms with E-state index in [0.29, 0.717) is 41.0 Å². The van der Waals surface area contributed by atoms with Gasteiger partial charge >= 0.3 is 0 Å². The highest BCUT2D eigenvalue weighted by molar-refractivity contribution is 7.89. The highest BCUT2D eigenvalue weighted by Crippen LogP contribution is 2.35. The molecule has 0 radical (unpaired) electrons. The summed E-state index contributed by atoms with van der Waals surface area (Å²) in [6.07, 6.45) is 1.74. The molecule has 1 saturated heterocycles. The van der Waals surface area contributed by atoms with E-state index >= 15 is 0 Å². The van der Waals surface area contributed by atoms with Crippen LogP contribution in [0.4, 0.5) is 5.13 Å². The van der Waals surface area contributed by atoms with Crippen molar-refractivity contribution in [2.24, 2.45) is 0 Å². The van der Waals surface area contributed by atoms with Crippen molar-refractivity contribution in [3.63, 3.8) is 0 Å². The van der Waals surface area contributed by atoms with Crippen molar-refractivity contribution in [1.82, 2.24) is 9.29 Å². The van der Waals surface area contributed by atoms with Gasteiger partial charge in [-0.15, -0.1) is 11.3 Å². The first-order chi connectivity index (χ1) is 15.4. The van der Waals surface area contributed by atoms with E-state index in [-0.39, 0.29) is 10.8 Å². The predicted octanol–water partition coefficient (Wildman–Crippen LogP) is 3.86. The molecule has 4 rings (SSSR count). The molecule has 0 unspecified atom stereocenters.